The van der Waals surface area contributed by atoms with Crippen molar-refractivity contribution in [1.29, 1.82) is 0 Å². The predicted octanol–water partition coefficient (Wildman–Crippen LogP) is 5.85. The summed E-state index contributed by atoms with van der Waals surface area (Å²) in [6.45, 7) is 6.09. The number of anilines is 1. The highest BCUT2D eigenvalue weighted by molar-refractivity contribution is 6.01. The Morgan fingerprint density at radius 3 is 2.51 bits per heavy atom. The summed E-state index contributed by atoms with van der Waals surface area (Å²) in [5, 5.41) is 16.6. The van der Waals surface area contributed by atoms with Crippen LogP contribution in [0.25, 0.3) is 10.8 Å². The number of carbonyl (C=O) groups is 5. The van der Waals surface area contributed by atoms with Crippen LogP contribution in [0.2, 0.25) is 0 Å². The number of carbonyl (C=O) groups excluding carboxylic acids is 5. The molecule has 0 bridgehead atoms. The van der Waals surface area contributed by atoms with Gasteiger partial charge in [0.15, 0.2) is 11.6 Å². The first-order chi connectivity index (χ1) is 27.3. The number of ether oxygens (including phenoxy) is 2. The number of ketones is 2. The van der Waals surface area contributed by atoms with E-state index >= 15 is 0 Å². The molecule has 4 saturated carbocycles. The number of nitrogens with zero attached hydrogens (tertiary/aromatic N) is 1. The summed E-state index contributed by atoms with van der Waals surface area (Å²) in [6.07, 6.45) is 11.5. The highest BCUT2D eigenvalue weighted by Gasteiger charge is 2.64. The highest BCUT2D eigenvalue weighted by atomic mass is 16.5. The van der Waals surface area contributed by atoms with E-state index in [1.165, 1.54) is 0 Å². The second-order valence-corrected chi connectivity index (χ2v) is 17.6. The average Bonchev–Trinajstić information content (AvgIpc) is 3.95. The van der Waals surface area contributed by atoms with E-state index in [2.05, 4.69) is 31.1 Å². The van der Waals surface area contributed by atoms with Crippen molar-refractivity contribution in [1.82, 2.24) is 4.98 Å². The molecular weight excluding hydrogens is 723 g/mol. The Hall–Kier alpha value is -5.00. The fourth-order valence-corrected chi connectivity index (χ4v) is 11.3. The lowest BCUT2D eigenvalue weighted by Gasteiger charge is -2.58. The molecule has 4 unspecified atom stereocenters. The van der Waals surface area contributed by atoms with Gasteiger partial charge in [0.05, 0.1) is 23.9 Å². The largest absolute Gasteiger partial charge is 0.461 e. The summed E-state index contributed by atoms with van der Waals surface area (Å²) in [5.74, 6) is -3.18. The Morgan fingerprint density at radius 2 is 1.75 bits per heavy atom. The maximum atomic E-state index is 13.8. The van der Waals surface area contributed by atoms with Crippen molar-refractivity contribution in [3.63, 3.8) is 0 Å². The molecule has 2 aromatic carbocycles. The summed E-state index contributed by atoms with van der Waals surface area (Å²) in [7, 11) is 0. The second kappa shape index (κ2) is 15.1. The third-order valence-corrected chi connectivity index (χ3v) is 14.2. The molecule has 5 aliphatic rings. The van der Waals surface area contributed by atoms with Crippen LogP contribution in [0.5, 0.6) is 0 Å². The number of nitrogens with two attached hydrogens (primary N) is 1. The fourth-order valence-electron chi connectivity index (χ4n) is 11.3. The van der Waals surface area contributed by atoms with Crippen LogP contribution in [0.1, 0.15) is 69.9 Å². The third-order valence-electron chi connectivity index (χ3n) is 14.2. The number of allylic oxidation sites excluding steroid dienone is 4. The predicted molar refractivity (Wildman–Crippen MR) is 212 cm³/mol. The van der Waals surface area contributed by atoms with Crippen LogP contribution in [-0.4, -0.2) is 58.8 Å². The van der Waals surface area contributed by atoms with Crippen LogP contribution in [0.15, 0.2) is 84.7 Å². The second-order valence-electron chi connectivity index (χ2n) is 17.6. The molecule has 4 fully saturated rings. The molecule has 11 nitrogen and oxygen atoms in total. The zero-order valence-corrected chi connectivity index (χ0v) is 32.7. The first kappa shape index (κ1) is 38.9. The number of nitrogens with one attached hydrogen (secondary N) is 1. The highest BCUT2D eigenvalue weighted by Crippen LogP contribution is 2.67. The first-order valence-corrected chi connectivity index (χ1v) is 20.2. The standard InChI is InChI=1S/C46H51N3O8/c1-25-16-37-33-11-9-30-18-32(50)12-14-45(30,2)41(33)38(51)20-46(37,3)40(25)39(52)24-57-44(55)35-19-34(35)43(54)56-23-26-4-6-27(7-5-26)36(21-47)42(53)49-31-10-8-29-22-48-15-13-28(29)17-31/h4-8,10,12-15,17-18,22,25,33-38,40-41,51H,9,11,16,19-21,23-24,47H2,1-3H3,(H,49,53)/t25-,33+,34?,35?,36-,37?,38+,40-,41?,45+,46+/m1/s1. The number of aliphatic hydroxyl groups excluding tert-OH is 1. The number of amides is 1. The minimum atomic E-state index is -0.655. The van der Waals surface area contributed by atoms with Gasteiger partial charge in [-0.1, -0.05) is 62.8 Å². The quantitative estimate of drug-likeness (QED) is 0.201. The SMILES string of the molecule is C[C@@H]1CC2[C@@H]3CCC4=CC(=O)C=C[C@]4(C)C3[C@@H](O)C[C@]2(C)[C@H]1C(=O)COC(=O)C1CC1C(=O)OCc1ccc([C@@H](CN)C(=O)Nc2ccc3cnccc3c2)cc1. The van der Waals surface area contributed by atoms with Gasteiger partial charge < -0.3 is 25.6 Å². The van der Waals surface area contributed by atoms with Crippen molar-refractivity contribution >= 4 is 45.9 Å². The Kier molecular flexibility index (Phi) is 10.3. The van der Waals surface area contributed by atoms with E-state index in [4.69, 9.17) is 15.2 Å². The summed E-state index contributed by atoms with van der Waals surface area (Å²) in [6, 6.07) is 14.6. The molecule has 57 heavy (non-hydrogen) atoms. The monoisotopic (exact) mass is 773 g/mol. The van der Waals surface area contributed by atoms with Crippen molar-refractivity contribution in [2.24, 2.45) is 58.0 Å². The Bertz CT molecular complexity index is 2180. The molecule has 3 aromatic rings. The van der Waals surface area contributed by atoms with E-state index in [9.17, 15) is 29.1 Å². The molecule has 298 valence electrons. The van der Waals surface area contributed by atoms with Gasteiger partial charge in [0, 0.05) is 47.3 Å². The van der Waals surface area contributed by atoms with Crippen LogP contribution < -0.4 is 11.1 Å². The molecule has 1 aromatic heterocycles. The van der Waals surface area contributed by atoms with Crippen molar-refractivity contribution < 1.29 is 38.6 Å². The molecule has 0 radical (unpaired) electrons. The molecule has 11 heteroatoms. The van der Waals surface area contributed by atoms with E-state index in [-0.39, 0.29) is 72.2 Å². The van der Waals surface area contributed by atoms with Crippen molar-refractivity contribution in [3.05, 3.63) is 95.9 Å². The zero-order valence-electron chi connectivity index (χ0n) is 32.7. The van der Waals surface area contributed by atoms with Gasteiger partial charge in [-0.25, -0.2) is 0 Å². The normalized spacial score (nSPS) is 32.9. The van der Waals surface area contributed by atoms with Crippen LogP contribution in [-0.2, 0) is 40.1 Å². The number of pyridine rings is 1. The summed E-state index contributed by atoms with van der Waals surface area (Å²) >= 11 is 0. The van der Waals surface area contributed by atoms with E-state index in [0.717, 1.165) is 46.7 Å². The molecule has 0 saturated heterocycles. The van der Waals surface area contributed by atoms with Crippen molar-refractivity contribution in [3.8, 4) is 0 Å². The Labute approximate surface area is 332 Å². The molecule has 1 amide bonds. The number of Topliss-reactive ketones (excluding diaryl/α,β-unsaturated/α-hetero) is 1. The lowest BCUT2D eigenvalue weighted by Crippen LogP contribution is -2.56. The van der Waals surface area contributed by atoms with Gasteiger partial charge in [0.2, 0.25) is 5.91 Å². The molecule has 1 heterocycles. The van der Waals surface area contributed by atoms with Gasteiger partial charge >= 0.3 is 11.9 Å². The zero-order chi connectivity index (χ0) is 40.2. The maximum absolute atomic E-state index is 13.8. The van der Waals surface area contributed by atoms with Gasteiger partial charge in [-0.05, 0) is 102 Å². The molecule has 0 spiro atoms. The maximum Gasteiger partial charge on any atom is 0.310 e. The van der Waals surface area contributed by atoms with Crippen LogP contribution in [0.4, 0.5) is 5.69 Å². The molecule has 0 aliphatic heterocycles. The molecular formula is C46H51N3O8. The fraction of sp³-hybridized carbons (Fsp3) is 0.478. The van der Waals surface area contributed by atoms with Gasteiger partial charge in [-0.3, -0.25) is 29.0 Å². The smallest absolute Gasteiger partial charge is 0.310 e. The van der Waals surface area contributed by atoms with Crippen LogP contribution >= 0.6 is 0 Å². The summed E-state index contributed by atoms with van der Waals surface area (Å²) in [4.78, 5) is 69.2. The number of benzene rings is 2. The van der Waals surface area contributed by atoms with Gasteiger partial charge in [0.25, 0.3) is 0 Å². The Morgan fingerprint density at radius 1 is 1.00 bits per heavy atom. The van der Waals surface area contributed by atoms with E-state index in [0.29, 0.717) is 18.5 Å². The number of aliphatic hydroxyl groups is 1. The number of rotatable bonds is 11. The lowest BCUT2D eigenvalue weighted by molar-refractivity contribution is -0.157. The average molecular weight is 774 g/mol. The van der Waals surface area contributed by atoms with Gasteiger partial charge in [-0.2, -0.15) is 0 Å². The minimum Gasteiger partial charge on any atom is -0.461 e. The van der Waals surface area contributed by atoms with E-state index in [1.807, 2.05) is 30.3 Å². The number of hydrogen-bond donors (Lipinski definition) is 3. The first-order valence-electron chi connectivity index (χ1n) is 20.2. The number of aromatic nitrogens is 1. The molecule has 5 aliphatic carbocycles. The summed E-state index contributed by atoms with van der Waals surface area (Å²) in [5.41, 5.74) is 8.39. The van der Waals surface area contributed by atoms with Crippen molar-refractivity contribution in [2.45, 2.75) is 71.5 Å². The minimum absolute atomic E-state index is 0.000212. The van der Waals surface area contributed by atoms with Crippen molar-refractivity contribution in [2.75, 3.05) is 18.5 Å². The topological polar surface area (TPSA) is 175 Å². The third kappa shape index (κ3) is 7.14. The van der Waals surface area contributed by atoms with Crippen LogP contribution in [0, 0.1) is 52.3 Å². The summed E-state index contributed by atoms with van der Waals surface area (Å²) < 4.78 is 11.1. The van der Waals surface area contributed by atoms with Gasteiger partial charge in [-0.15, -0.1) is 0 Å². The molecule has 11 atom stereocenters. The van der Waals surface area contributed by atoms with E-state index in [1.54, 1.807) is 48.8 Å². The molecule has 8 rings (SSSR count). The van der Waals surface area contributed by atoms with Gasteiger partial charge in [0.1, 0.15) is 13.2 Å². The number of fused-ring (bicyclic) bond motifs is 6. The molecule has 4 N–H and O–H groups in total. The van der Waals surface area contributed by atoms with Crippen LogP contribution in [0.3, 0.4) is 0 Å². The number of esters is 2. The number of hydrogen-bond acceptors (Lipinski definition) is 10. The lowest BCUT2D eigenvalue weighted by atomic mass is 9.46. The van der Waals surface area contributed by atoms with E-state index < -0.39 is 41.2 Å². The Balaban J connectivity index is 0.812.